The van der Waals surface area contributed by atoms with Crippen molar-refractivity contribution in [2.45, 2.75) is 32.2 Å². The lowest BCUT2D eigenvalue weighted by Crippen LogP contribution is -2.14. The Kier molecular flexibility index (Phi) is 1.83. The van der Waals surface area contributed by atoms with Gasteiger partial charge in [-0.3, -0.25) is 0 Å². The molecule has 4 nitrogen and oxygen atoms in total. The van der Waals surface area contributed by atoms with Gasteiger partial charge in [0.05, 0.1) is 0 Å². The van der Waals surface area contributed by atoms with E-state index in [1.807, 2.05) is 0 Å². The number of nitrogens with one attached hydrogen (secondary N) is 1. The van der Waals surface area contributed by atoms with Crippen LogP contribution in [0.2, 0.25) is 0 Å². The van der Waals surface area contributed by atoms with E-state index in [0.717, 1.165) is 26.1 Å². The summed E-state index contributed by atoms with van der Waals surface area (Å²) in [5.41, 5.74) is 0. The average molecular weight is 192 g/mol. The first kappa shape index (κ1) is 8.41. The van der Waals surface area contributed by atoms with Crippen LogP contribution in [0.5, 0.6) is 0 Å². The third-order valence-corrected chi connectivity index (χ3v) is 3.49. The van der Waals surface area contributed by atoms with Crippen LogP contribution in [0, 0.1) is 5.92 Å². The van der Waals surface area contributed by atoms with E-state index >= 15 is 0 Å². The maximum absolute atomic E-state index is 4.34. The zero-order valence-electron chi connectivity index (χ0n) is 8.53. The molecule has 76 valence electrons. The van der Waals surface area contributed by atoms with Crippen molar-refractivity contribution in [3.05, 3.63) is 11.6 Å². The molecule has 2 aliphatic heterocycles. The monoisotopic (exact) mass is 192 g/mol. The third-order valence-electron chi connectivity index (χ3n) is 3.49. The first-order valence-electron chi connectivity index (χ1n) is 5.49. The van der Waals surface area contributed by atoms with Gasteiger partial charge in [-0.05, 0) is 18.9 Å². The Labute approximate surface area is 83.7 Å². The molecule has 2 atom stereocenters. The lowest BCUT2D eigenvalue weighted by atomic mass is 9.97. The quantitative estimate of drug-likeness (QED) is 0.706. The lowest BCUT2D eigenvalue weighted by molar-refractivity contribution is 0.516. The molecule has 0 radical (unpaired) electrons. The molecule has 1 fully saturated rings. The molecule has 1 aromatic rings. The van der Waals surface area contributed by atoms with E-state index in [1.165, 1.54) is 18.1 Å². The number of fused-ring (bicyclic) bond motifs is 1. The Morgan fingerprint density at radius 2 is 2.29 bits per heavy atom. The number of aromatic nitrogens is 3. The molecule has 4 heteroatoms. The first-order valence-corrected chi connectivity index (χ1v) is 5.49. The summed E-state index contributed by atoms with van der Waals surface area (Å²) in [6.07, 6.45) is 2.36. The van der Waals surface area contributed by atoms with E-state index in [0.29, 0.717) is 11.8 Å². The molecule has 1 saturated heterocycles. The second kappa shape index (κ2) is 3.05. The molecule has 0 aliphatic carbocycles. The fourth-order valence-corrected chi connectivity index (χ4v) is 2.60. The minimum Gasteiger partial charge on any atom is -0.316 e. The highest BCUT2D eigenvalue weighted by atomic mass is 15.3. The van der Waals surface area contributed by atoms with Gasteiger partial charge in [-0.15, -0.1) is 10.2 Å². The van der Waals surface area contributed by atoms with Crippen LogP contribution in [0.4, 0.5) is 0 Å². The molecule has 2 aliphatic rings. The van der Waals surface area contributed by atoms with Crippen LogP contribution in [0.1, 0.15) is 30.9 Å². The average Bonchev–Trinajstić information content (AvgIpc) is 2.78. The van der Waals surface area contributed by atoms with E-state index in [2.05, 4.69) is 27.0 Å². The summed E-state index contributed by atoms with van der Waals surface area (Å²) in [4.78, 5) is 0. The lowest BCUT2D eigenvalue weighted by Gasteiger charge is -2.13. The molecule has 1 aromatic heterocycles. The van der Waals surface area contributed by atoms with Gasteiger partial charge in [0.25, 0.3) is 0 Å². The molecule has 1 N–H and O–H groups in total. The highest BCUT2D eigenvalue weighted by Crippen LogP contribution is 2.28. The molecule has 0 amide bonds. The first-order chi connectivity index (χ1) is 6.86. The van der Waals surface area contributed by atoms with Crippen molar-refractivity contribution >= 4 is 0 Å². The molecule has 0 bridgehead atoms. The highest BCUT2D eigenvalue weighted by Gasteiger charge is 2.31. The summed E-state index contributed by atoms with van der Waals surface area (Å²) in [5, 5.41) is 12.0. The second-order valence-corrected chi connectivity index (χ2v) is 4.47. The summed E-state index contributed by atoms with van der Waals surface area (Å²) in [6, 6.07) is 0. The van der Waals surface area contributed by atoms with Gasteiger partial charge in [0.1, 0.15) is 11.6 Å². The predicted molar refractivity (Wildman–Crippen MR) is 53.1 cm³/mol. The summed E-state index contributed by atoms with van der Waals surface area (Å²) in [5.74, 6) is 3.69. The van der Waals surface area contributed by atoms with E-state index in [9.17, 15) is 0 Å². The fraction of sp³-hybridized carbons (Fsp3) is 0.800. The predicted octanol–water partition coefficient (Wildman–Crippen LogP) is 0.547. The summed E-state index contributed by atoms with van der Waals surface area (Å²) in [6.45, 7) is 5.61. The molecular weight excluding hydrogens is 176 g/mol. The van der Waals surface area contributed by atoms with Crippen LogP contribution in [-0.2, 0) is 13.0 Å². The number of aryl methyl sites for hydroxylation is 1. The Morgan fingerprint density at radius 1 is 1.36 bits per heavy atom. The van der Waals surface area contributed by atoms with Gasteiger partial charge in [0, 0.05) is 25.4 Å². The molecule has 3 rings (SSSR count). The minimum absolute atomic E-state index is 0.578. The Bertz CT molecular complexity index is 344. The van der Waals surface area contributed by atoms with Crippen LogP contribution >= 0.6 is 0 Å². The summed E-state index contributed by atoms with van der Waals surface area (Å²) < 4.78 is 2.33. The highest BCUT2D eigenvalue weighted by molar-refractivity contribution is 5.09. The van der Waals surface area contributed by atoms with Crippen molar-refractivity contribution in [1.82, 2.24) is 20.1 Å². The van der Waals surface area contributed by atoms with E-state index in [-0.39, 0.29) is 0 Å². The van der Waals surface area contributed by atoms with Crippen molar-refractivity contribution in [2.75, 3.05) is 13.1 Å². The van der Waals surface area contributed by atoms with Crippen LogP contribution in [0.25, 0.3) is 0 Å². The fourth-order valence-electron chi connectivity index (χ4n) is 2.60. The maximum atomic E-state index is 4.34. The van der Waals surface area contributed by atoms with Gasteiger partial charge in [0.2, 0.25) is 0 Å². The SMILES string of the molecule is CC1CNCC1c1nnc2n1CCC2. The Balaban J connectivity index is 1.96. The standard InChI is InChI=1S/C10H16N4/c1-7-5-11-6-8(7)10-13-12-9-3-2-4-14(9)10/h7-8,11H,2-6H2,1H3. The van der Waals surface area contributed by atoms with Gasteiger partial charge < -0.3 is 9.88 Å². The van der Waals surface area contributed by atoms with Crippen LogP contribution in [0.3, 0.4) is 0 Å². The summed E-state index contributed by atoms with van der Waals surface area (Å²) in [7, 11) is 0. The number of hydrogen-bond donors (Lipinski definition) is 1. The van der Waals surface area contributed by atoms with Crippen LogP contribution in [-0.4, -0.2) is 27.9 Å². The van der Waals surface area contributed by atoms with Crippen molar-refractivity contribution in [3.63, 3.8) is 0 Å². The van der Waals surface area contributed by atoms with Crippen molar-refractivity contribution < 1.29 is 0 Å². The minimum atomic E-state index is 0.578. The largest absolute Gasteiger partial charge is 0.316 e. The molecule has 0 aromatic carbocycles. The molecule has 0 saturated carbocycles. The molecule has 2 unspecified atom stereocenters. The van der Waals surface area contributed by atoms with E-state index in [1.54, 1.807) is 0 Å². The van der Waals surface area contributed by atoms with Crippen molar-refractivity contribution in [3.8, 4) is 0 Å². The van der Waals surface area contributed by atoms with E-state index in [4.69, 9.17) is 0 Å². The molecule has 0 spiro atoms. The van der Waals surface area contributed by atoms with Crippen LogP contribution in [0.15, 0.2) is 0 Å². The van der Waals surface area contributed by atoms with Crippen LogP contribution < -0.4 is 5.32 Å². The zero-order valence-corrected chi connectivity index (χ0v) is 8.53. The van der Waals surface area contributed by atoms with Gasteiger partial charge in [-0.25, -0.2) is 0 Å². The molecular formula is C10H16N4. The third kappa shape index (κ3) is 1.10. The van der Waals surface area contributed by atoms with Gasteiger partial charge in [-0.1, -0.05) is 6.92 Å². The summed E-state index contributed by atoms with van der Waals surface area (Å²) >= 11 is 0. The number of rotatable bonds is 1. The second-order valence-electron chi connectivity index (χ2n) is 4.47. The zero-order chi connectivity index (χ0) is 9.54. The van der Waals surface area contributed by atoms with Gasteiger partial charge >= 0.3 is 0 Å². The Hall–Kier alpha value is -0.900. The maximum Gasteiger partial charge on any atom is 0.137 e. The molecule has 3 heterocycles. The number of nitrogens with zero attached hydrogens (tertiary/aromatic N) is 3. The van der Waals surface area contributed by atoms with Gasteiger partial charge in [-0.2, -0.15) is 0 Å². The Morgan fingerprint density at radius 3 is 3.07 bits per heavy atom. The van der Waals surface area contributed by atoms with Gasteiger partial charge in [0.15, 0.2) is 0 Å². The van der Waals surface area contributed by atoms with Crippen molar-refractivity contribution in [2.24, 2.45) is 5.92 Å². The molecule has 14 heavy (non-hydrogen) atoms. The normalized spacial score (nSPS) is 30.9. The topological polar surface area (TPSA) is 42.7 Å². The smallest absolute Gasteiger partial charge is 0.137 e. The number of hydrogen-bond acceptors (Lipinski definition) is 3. The van der Waals surface area contributed by atoms with E-state index < -0.39 is 0 Å². The van der Waals surface area contributed by atoms with Crippen molar-refractivity contribution in [1.29, 1.82) is 0 Å².